The summed E-state index contributed by atoms with van der Waals surface area (Å²) >= 11 is 0. The molecule has 0 heterocycles. The van der Waals surface area contributed by atoms with Crippen LogP contribution in [0.15, 0.2) is 0 Å². The molecule has 0 radical (unpaired) electrons. The van der Waals surface area contributed by atoms with Gasteiger partial charge in [0.1, 0.15) is 0 Å². The summed E-state index contributed by atoms with van der Waals surface area (Å²) in [6, 6.07) is 0. The molecule has 0 aliphatic carbocycles. The van der Waals surface area contributed by atoms with Gasteiger partial charge in [0.15, 0.2) is 26.0 Å². The Bertz CT molecular complexity index is 256. The third kappa shape index (κ3) is 4.41. The Morgan fingerprint density at radius 3 is 1.79 bits per heavy atom. The highest BCUT2D eigenvalue weighted by molar-refractivity contribution is 7.91. The van der Waals surface area contributed by atoms with E-state index in [1.807, 2.05) is 13.8 Å². The van der Waals surface area contributed by atoms with E-state index in [1.54, 1.807) is 0 Å². The van der Waals surface area contributed by atoms with Gasteiger partial charge in [0.05, 0.1) is 0 Å². The molecule has 0 aromatic rings. The van der Waals surface area contributed by atoms with Crippen LogP contribution in [0.3, 0.4) is 0 Å². The van der Waals surface area contributed by atoms with Crippen molar-refractivity contribution >= 4 is 21.4 Å². The average molecular weight is 242 g/mol. The largest absolute Gasteiger partial charge is 0.231 e. The van der Waals surface area contributed by atoms with E-state index in [0.29, 0.717) is 12.8 Å². The molecule has 6 heteroatoms. The fraction of sp³-hybridized carbons (Fsp3) is 1.00. The van der Waals surface area contributed by atoms with Crippen LogP contribution >= 0.6 is 0 Å². The van der Waals surface area contributed by atoms with E-state index in [1.165, 1.54) is 0 Å². The van der Waals surface area contributed by atoms with Gasteiger partial charge in [-0.15, -0.1) is 0 Å². The van der Waals surface area contributed by atoms with E-state index in [-0.39, 0.29) is 5.92 Å². The average Bonchev–Trinajstić information content (AvgIpc) is 2.10. The highest BCUT2D eigenvalue weighted by Gasteiger charge is 2.24. The quantitative estimate of drug-likeness (QED) is 0.647. The summed E-state index contributed by atoms with van der Waals surface area (Å²) in [5.41, 5.74) is 0. The monoisotopic (exact) mass is 242 g/mol. The third-order valence-corrected chi connectivity index (χ3v) is 5.15. The van der Waals surface area contributed by atoms with Crippen LogP contribution in [-0.2, 0) is 21.4 Å². The molecule has 0 aromatic carbocycles. The van der Waals surface area contributed by atoms with Gasteiger partial charge in [-0.1, -0.05) is 33.1 Å². The van der Waals surface area contributed by atoms with Crippen LogP contribution in [0, 0.1) is 5.92 Å². The number of hydrogen-bond donors (Lipinski definition) is 2. The first-order valence-corrected chi connectivity index (χ1v) is 7.30. The number of hydrogen-bond acceptors (Lipinski definition) is 4. The SMILES string of the molecule is CCCCC(CC)C([SH](=O)=O)[SH](=O)=O. The molecule has 0 bridgehead atoms. The van der Waals surface area contributed by atoms with Gasteiger partial charge in [0.25, 0.3) is 0 Å². The number of thiol groups is 2. The van der Waals surface area contributed by atoms with Crippen molar-refractivity contribution in [1.82, 2.24) is 0 Å². The molecular weight excluding hydrogens is 224 g/mol. The standard InChI is InChI=1S/C8H18O4S2/c1-3-5-6-7(4-2)8(13(9)10)14(11)12/h7-8,13-14H,3-6H2,1-2H3. The Labute approximate surface area is 88.6 Å². The van der Waals surface area contributed by atoms with Crippen molar-refractivity contribution in [2.24, 2.45) is 5.92 Å². The maximum absolute atomic E-state index is 10.8. The van der Waals surface area contributed by atoms with Crippen molar-refractivity contribution in [1.29, 1.82) is 0 Å². The van der Waals surface area contributed by atoms with Gasteiger partial charge in [-0.3, -0.25) is 0 Å². The van der Waals surface area contributed by atoms with E-state index < -0.39 is 26.0 Å². The van der Waals surface area contributed by atoms with Crippen molar-refractivity contribution in [2.75, 3.05) is 0 Å². The summed E-state index contributed by atoms with van der Waals surface area (Å²) in [6.07, 6.45) is 3.09. The lowest BCUT2D eigenvalue weighted by atomic mass is 10.0. The van der Waals surface area contributed by atoms with Crippen LogP contribution < -0.4 is 0 Å². The molecule has 0 aromatic heterocycles. The smallest absolute Gasteiger partial charge is 0.160 e. The summed E-state index contributed by atoms with van der Waals surface area (Å²) in [4.78, 5) is 0. The maximum Gasteiger partial charge on any atom is 0.160 e. The fourth-order valence-electron chi connectivity index (χ4n) is 1.45. The van der Waals surface area contributed by atoms with Gasteiger partial charge in [0, 0.05) is 0 Å². The lowest BCUT2D eigenvalue weighted by molar-refractivity contribution is 0.462. The summed E-state index contributed by atoms with van der Waals surface area (Å²) in [5, 5.41) is 0. The molecule has 0 saturated carbocycles. The van der Waals surface area contributed by atoms with Crippen LogP contribution in [-0.4, -0.2) is 21.4 Å². The molecule has 0 saturated heterocycles. The van der Waals surface area contributed by atoms with Crippen molar-refractivity contribution in [3.05, 3.63) is 0 Å². The normalized spacial score (nSPS) is 14.1. The van der Waals surface area contributed by atoms with Gasteiger partial charge < -0.3 is 0 Å². The van der Waals surface area contributed by atoms with Gasteiger partial charge in [-0.2, -0.15) is 0 Å². The molecule has 0 spiro atoms. The predicted octanol–water partition coefficient (Wildman–Crippen LogP) is 0.752. The summed E-state index contributed by atoms with van der Waals surface area (Å²) in [6.45, 7) is 3.82. The second-order valence-electron chi connectivity index (χ2n) is 3.29. The van der Waals surface area contributed by atoms with E-state index in [9.17, 15) is 16.8 Å². The van der Waals surface area contributed by atoms with Crippen molar-refractivity contribution in [3.8, 4) is 0 Å². The molecule has 0 rings (SSSR count). The molecule has 1 atom stereocenters. The minimum atomic E-state index is -2.86. The second-order valence-corrected chi connectivity index (χ2v) is 5.96. The summed E-state index contributed by atoms with van der Waals surface area (Å²) in [7, 11) is -5.72. The predicted molar refractivity (Wildman–Crippen MR) is 57.7 cm³/mol. The van der Waals surface area contributed by atoms with Crippen LogP contribution in [0.5, 0.6) is 0 Å². The molecule has 4 nitrogen and oxygen atoms in total. The minimum absolute atomic E-state index is 0.239. The van der Waals surface area contributed by atoms with Gasteiger partial charge in [0.2, 0.25) is 0 Å². The summed E-state index contributed by atoms with van der Waals surface area (Å²) in [5.74, 6) is -0.239. The molecule has 0 aliphatic heterocycles. The Balaban J connectivity index is 4.59. The Morgan fingerprint density at radius 1 is 1.00 bits per heavy atom. The Hall–Kier alpha value is -0.100. The molecular formula is C8H18O4S2. The maximum atomic E-state index is 10.8. The Kier molecular flexibility index (Phi) is 7.17. The summed E-state index contributed by atoms with van der Waals surface area (Å²) < 4.78 is 41.9. The zero-order valence-corrected chi connectivity index (χ0v) is 10.3. The van der Waals surface area contributed by atoms with Crippen LogP contribution in [0.2, 0.25) is 0 Å². The lowest BCUT2D eigenvalue weighted by Crippen LogP contribution is -2.23. The molecule has 0 amide bonds. The van der Waals surface area contributed by atoms with Crippen LogP contribution in [0.4, 0.5) is 0 Å². The number of unbranched alkanes of at least 4 members (excludes halogenated alkanes) is 1. The first-order valence-electron chi connectivity index (χ1n) is 4.81. The first-order chi connectivity index (χ1) is 6.54. The highest BCUT2D eigenvalue weighted by Crippen LogP contribution is 2.19. The van der Waals surface area contributed by atoms with Gasteiger partial charge in [-0.05, 0) is 12.3 Å². The van der Waals surface area contributed by atoms with E-state index >= 15 is 0 Å². The molecule has 0 aliphatic rings. The van der Waals surface area contributed by atoms with E-state index in [2.05, 4.69) is 0 Å². The lowest BCUT2D eigenvalue weighted by Gasteiger charge is -2.15. The molecule has 86 valence electrons. The molecule has 1 unspecified atom stereocenters. The van der Waals surface area contributed by atoms with Crippen molar-refractivity contribution in [3.63, 3.8) is 0 Å². The molecule has 0 fully saturated rings. The van der Waals surface area contributed by atoms with Crippen molar-refractivity contribution < 1.29 is 16.8 Å². The zero-order valence-electron chi connectivity index (χ0n) is 8.51. The third-order valence-electron chi connectivity index (χ3n) is 2.31. The highest BCUT2D eigenvalue weighted by atomic mass is 32.2. The van der Waals surface area contributed by atoms with E-state index in [0.717, 1.165) is 12.8 Å². The molecule has 0 N–H and O–H groups in total. The zero-order chi connectivity index (χ0) is 11.1. The van der Waals surface area contributed by atoms with Crippen LogP contribution in [0.25, 0.3) is 0 Å². The first kappa shape index (κ1) is 13.9. The Morgan fingerprint density at radius 2 is 1.50 bits per heavy atom. The van der Waals surface area contributed by atoms with Crippen LogP contribution in [0.1, 0.15) is 39.5 Å². The minimum Gasteiger partial charge on any atom is -0.231 e. The van der Waals surface area contributed by atoms with Crippen molar-refractivity contribution in [2.45, 2.75) is 44.1 Å². The van der Waals surface area contributed by atoms with E-state index in [4.69, 9.17) is 0 Å². The topological polar surface area (TPSA) is 68.3 Å². The second kappa shape index (κ2) is 7.23. The van der Waals surface area contributed by atoms with Gasteiger partial charge >= 0.3 is 0 Å². The fourth-order valence-corrected chi connectivity index (χ4v) is 3.48. The number of rotatable bonds is 7. The van der Waals surface area contributed by atoms with Gasteiger partial charge in [-0.25, -0.2) is 16.8 Å². The molecule has 14 heavy (non-hydrogen) atoms.